The molecule has 100 valence electrons. The van der Waals surface area contributed by atoms with Crippen molar-refractivity contribution in [3.8, 4) is 0 Å². The van der Waals surface area contributed by atoms with Gasteiger partial charge < -0.3 is 0 Å². The number of rotatable bonds is 0. The van der Waals surface area contributed by atoms with Crippen LogP contribution in [0.3, 0.4) is 0 Å². The molecule has 0 bridgehead atoms. The van der Waals surface area contributed by atoms with Crippen molar-refractivity contribution in [1.29, 1.82) is 0 Å². The zero-order valence-corrected chi connectivity index (χ0v) is 16.5. The Morgan fingerprint density at radius 3 is 1.22 bits per heavy atom. The molecular formula is C15H20Cl2Hf-2. The summed E-state index contributed by atoms with van der Waals surface area (Å²) in [6, 6.07) is 12.6. The van der Waals surface area contributed by atoms with Gasteiger partial charge in [-0.3, -0.25) is 0 Å². The summed E-state index contributed by atoms with van der Waals surface area (Å²) >= 11 is -1.96. The number of halogens is 2. The van der Waals surface area contributed by atoms with Gasteiger partial charge in [-0.1, -0.05) is 27.7 Å². The zero-order valence-electron chi connectivity index (χ0n) is 11.4. The van der Waals surface area contributed by atoms with Gasteiger partial charge in [0.2, 0.25) is 0 Å². The Morgan fingerprint density at radius 2 is 1.17 bits per heavy atom. The molecular weight excluding hydrogens is 430 g/mol. The van der Waals surface area contributed by atoms with E-state index in [1.165, 1.54) is 22.3 Å². The predicted octanol–water partition coefficient (Wildman–Crippen LogP) is 5.39. The summed E-state index contributed by atoms with van der Waals surface area (Å²) in [5, 5.41) is 0. The Balaban J connectivity index is 0.000000253. The fourth-order valence-electron chi connectivity index (χ4n) is 1.20. The van der Waals surface area contributed by atoms with Crippen molar-refractivity contribution in [3.63, 3.8) is 0 Å². The minimum atomic E-state index is -1.96. The van der Waals surface area contributed by atoms with Gasteiger partial charge in [-0.05, 0) is 0 Å². The van der Waals surface area contributed by atoms with E-state index in [0.717, 1.165) is 0 Å². The molecule has 0 nitrogen and oxygen atoms in total. The Kier molecular flexibility index (Phi) is 9.90. The van der Waals surface area contributed by atoms with Gasteiger partial charge in [0.25, 0.3) is 0 Å². The SMILES string of the molecule is Cc1cc[cH-]c1C.Cc1cc[cH-]c1C.[CH2]=[Hf]([Cl])[Cl]. The van der Waals surface area contributed by atoms with E-state index in [9.17, 15) is 0 Å². The topological polar surface area (TPSA) is 0 Å². The Labute approximate surface area is 125 Å². The van der Waals surface area contributed by atoms with E-state index in [1.54, 1.807) is 0 Å². The van der Waals surface area contributed by atoms with Gasteiger partial charge in [0, 0.05) is 0 Å². The first-order valence-corrected chi connectivity index (χ1v) is 17.2. The molecule has 0 aliphatic carbocycles. The van der Waals surface area contributed by atoms with Crippen molar-refractivity contribution in [2.75, 3.05) is 0 Å². The molecule has 0 saturated heterocycles. The van der Waals surface area contributed by atoms with Crippen molar-refractivity contribution in [2.45, 2.75) is 27.7 Å². The third-order valence-electron chi connectivity index (χ3n) is 2.63. The third-order valence-corrected chi connectivity index (χ3v) is 2.63. The summed E-state index contributed by atoms with van der Waals surface area (Å²) in [4.78, 5) is 0. The van der Waals surface area contributed by atoms with E-state index in [1.807, 2.05) is 0 Å². The maximum atomic E-state index is 5.14. The number of hydrogen-bond acceptors (Lipinski definition) is 0. The van der Waals surface area contributed by atoms with Crippen LogP contribution in [-0.2, 0) is 18.6 Å². The summed E-state index contributed by atoms with van der Waals surface area (Å²) in [7, 11) is 10.3. The normalized spacial score (nSPS) is 8.78. The van der Waals surface area contributed by atoms with E-state index in [4.69, 9.17) is 17.2 Å². The molecule has 0 N–H and O–H groups in total. The van der Waals surface area contributed by atoms with Gasteiger partial charge in [0.15, 0.2) is 0 Å². The second-order valence-corrected chi connectivity index (χ2v) is 15.6. The van der Waals surface area contributed by atoms with Crippen molar-refractivity contribution < 1.29 is 18.6 Å². The molecule has 0 amide bonds. The monoisotopic (exact) mass is 450 g/mol. The summed E-state index contributed by atoms with van der Waals surface area (Å²) in [6.45, 7) is 8.48. The Bertz CT molecular complexity index is 391. The van der Waals surface area contributed by atoms with Crippen LogP contribution in [0.15, 0.2) is 36.4 Å². The second kappa shape index (κ2) is 9.89. The second-order valence-electron chi connectivity index (χ2n) is 4.12. The molecule has 2 aromatic rings. The average molecular weight is 450 g/mol. The molecule has 2 aromatic carbocycles. The zero-order chi connectivity index (χ0) is 14.1. The number of aryl methyl sites for hydroxylation is 4. The fraction of sp³-hybridized carbons (Fsp3) is 0.267. The van der Waals surface area contributed by atoms with Crippen molar-refractivity contribution >= 4 is 21.4 Å². The Morgan fingerprint density at radius 1 is 0.889 bits per heavy atom. The van der Waals surface area contributed by atoms with E-state index >= 15 is 0 Å². The molecule has 0 saturated carbocycles. The van der Waals surface area contributed by atoms with Crippen LogP contribution in [-0.4, -0.2) is 4.26 Å². The van der Waals surface area contributed by atoms with Gasteiger partial charge in [0.05, 0.1) is 0 Å². The first-order valence-electron chi connectivity index (χ1n) is 5.72. The van der Waals surface area contributed by atoms with Crippen molar-refractivity contribution in [2.24, 2.45) is 0 Å². The predicted molar refractivity (Wildman–Crippen MR) is 81.8 cm³/mol. The van der Waals surface area contributed by atoms with Gasteiger partial charge in [-0.15, -0.1) is 0 Å². The van der Waals surface area contributed by atoms with E-state index < -0.39 is 18.6 Å². The van der Waals surface area contributed by atoms with Gasteiger partial charge >= 0.3 is 40.0 Å². The van der Waals surface area contributed by atoms with Crippen LogP contribution in [0, 0.1) is 27.7 Å². The molecule has 3 heteroatoms. The van der Waals surface area contributed by atoms with E-state index in [2.05, 4.69) is 68.4 Å². The van der Waals surface area contributed by atoms with Crippen LogP contribution in [0.5, 0.6) is 0 Å². The van der Waals surface area contributed by atoms with Crippen molar-refractivity contribution in [3.05, 3.63) is 58.7 Å². The molecule has 0 aromatic heterocycles. The molecule has 0 spiro atoms. The molecule has 2 rings (SSSR count). The van der Waals surface area contributed by atoms with E-state index in [0.29, 0.717) is 0 Å². The molecule has 0 fully saturated rings. The van der Waals surface area contributed by atoms with Crippen LogP contribution in [0.2, 0.25) is 0 Å². The average Bonchev–Trinajstić information content (AvgIpc) is 2.79. The molecule has 0 atom stereocenters. The van der Waals surface area contributed by atoms with Crippen LogP contribution >= 0.6 is 17.2 Å². The van der Waals surface area contributed by atoms with Crippen molar-refractivity contribution in [1.82, 2.24) is 0 Å². The standard InChI is InChI=1S/2C7H9.CH2.2ClH.Hf/c2*1-6-4-3-5-7(6)2;;;;/h2*3-5H,1-2H3;1H2;2*1H;/q2*-1;;;;+2/p-2. The van der Waals surface area contributed by atoms with Gasteiger partial charge in [0.1, 0.15) is 0 Å². The molecule has 0 heterocycles. The van der Waals surface area contributed by atoms with Crippen LogP contribution in [0.25, 0.3) is 0 Å². The van der Waals surface area contributed by atoms with Gasteiger partial charge in [-0.25, -0.2) is 12.1 Å². The quantitative estimate of drug-likeness (QED) is 0.374. The summed E-state index contributed by atoms with van der Waals surface area (Å²) in [5.74, 6) is 0. The Hall–Kier alpha value is 0.0201. The van der Waals surface area contributed by atoms with Crippen LogP contribution < -0.4 is 0 Å². The molecule has 0 radical (unpaired) electrons. The van der Waals surface area contributed by atoms with Crippen LogP contribution in [0.4, 0.5) is 0 Å². The summed E-state index contributed by atoms with van der Waals surface area (Å²) < 4.78 is 3.38. The minimum absolute atomic E-state index is 1.39. The van der Waals surface area contributed by atoms with Crippen LogP contribution in [0.1, 0.15) is 22.3 Å². The molecule has 0 unspecified atom stereocenters. The first-order chi connectivity index (χ1) is 8.34. The maximum absolute atomic E-state index is 5.14. The number of hydrogen-bond donors (Lipinski definition) is 0. The summed E-state index contributed by atoms with van der Waals surface area (Å²) in [5.41, 5.74) is 5.56. The molecule has 0 aliphatic rings. The first kappa shape index (κ1) is 18.0. The van der Waals surface area contributed by atoms with E-state index in [-0.39, 0.29) is 0 Å². The third kappa shape index (κ3) is 9.02. The molecule has 18 heavy (non-hydrogen) atoms. The van der Waals surface area contributed by atoms with Gasteiger partial charge in [-0.2, -0.15) is 46.5 Å². The summed E-state index contributed by atoms with van der Waals surface area (Å²) in [6.07, 6.45) is 0. The fourth-order valence-corrected chi connectivity index (χ4v) is 1.20. The molecule has 0 aliphatic heterocycles.